The Labute approximate surface area is 125 Å². The van der Waals surface area contributed by atoms with Gasteiger partial charge in [0.2, 0.25) is 0 Å². The molecule has 0 radical (unpaired) electrons. The Bertz CT molecular complexity index is 387. The summed E-state index contributed by atoms with van der Waals surface area (Å²) in [5.74, 6) is 0. The molecule has 1 atom stereocenters. The van der Waals surface area contributed by atoms with E-state index in [1.165, 1.54) is 11.1 Å². The van der Waals surface area contributed by atoms with Crippen molar-refractivity contribution in [1.82, 2.24) is 10.2 Å². The van der Waals surface area contributed by atoms with E-state index in [4.69, 9.17) is 0 Å². The Morgan fingerprint density at radius 1 is 1.10 bits per heavy atom. The molecule has 0 aromatic heterocycles. The van der Waals surface area contributed by atoms with Crippen molar-refractivity contribution < 1.29 is 0 Å². The fourth-order valence-corrected chi connectivity index (χ4v) is 2.52. The summed E-state index contributed by atoms with van der Waals surface area (Å²) in [5, 5.41) is 3.45. The molecule has 0 saturated heterocycles. The van der Waals surface area contributed by atoms with Crippen LogP contribution in [0.4, 0.5) is 0 Å². The second-order valence-electron chi connectivity index (χ2n) is 6.89. The average molecular weight is 276 g/mol. The minimum atomic E-state index is 0.223. The van der Waals surface area contributed by atoms with Crippen molar-refractivity contribution in [1.29, 1.82) is 0 Å². The molecule has 1 rings (SSSR count). The zero-order valence-electron chi connectivity index (χ0n) is 14.3. The molecule has 0 aliphatic rings. The summed E-state index contributed by atoms with van der Waals surface area (Å²) in [6, 6.07) is 10.1. The third kappa shape index (κ3) is 4.60. The number of benzene rings is 1. The van der Waals surface area contributed by atoms with E-state index in [0.717, 1.165) is 13.1 Å². The maximum atomic E-state index is 3.45. The molecule has 0 bridgehead atoms. The van der Waals surface area contributed by atoms with Gasteiger partial charge in [0, 0.05) is 18.6 Å². The molecule has 2 nitrogen and oxygen atoms in total. The first-order chi connectivity index (χ1) is 9.29. The Morgan fingerprint density at radius 2 is 1.65 bits per heavy atom. The van der Waals surface area contributed by atoms with Gasteiger partial charge >= 0.3 is 0 Å². The van der Waals surface area contributed by atoms with Crippen LogP contribution in [0.2, 0.25) is 0 Å². The van der Waals surface area contributed by atoms with Crippen LogP contribution in [-0.2, 0) is 5.41 Å². The van der Waals surface area contributed by atoms with E-state index in [-0.39, 0.29) is 5.41 Å². The molecule has 0 saturated carbocycles. The SMILES string of the molecule is CCN(CC(NC)c1ccc(C(C)(C)C)cc1)C(C)C. The summed E-state index contributed by atoms with van der Waals surface area (Å²) in [6.07, 6.45) is 0. The Morgan fingerprint density at radius 3 is 2.00 bits per heavy atom. The molecule has 20 heavy (non-hydrogen) atoms. The van der Waals surface area contributed by atoms with Gasteiger partial charge in [-0.3, -0.25) is 4.90 Å². The van der Waals surface area contributed by atoms with Crippen molar-refractivity contribution in [3.8, 4) is 0 Å². The smallest absolute Gasteiger partial charge is 0.0446 e. The van der Waals surface area contributed by atoms with Gasteiger partial charge in [-0.15, -0.1) is 0 Å². The second kappa shape index (κ2) is 7.24. The maximum Gasteiger partial charge on any atom is 0.0446 e. The molecule has 114 valence electrons. The minimum absolute atomic E-state index is 0.223. The molecule has 1 aromatic carbocycles. The van der Waals surface area contributed by atoms with E-state index in [1.54, 1.807) is 0 Å². The highest BCUT2D eigenvalue weighted by molar-refractivity contribution is 5.29. The number of nitrogens with zero attached hydrogens (tertiary/aromatic N) is 1. The van der Waals surface area contributed by atoms with Gasteiger partial charge in [0.15, 0.2) is 0 Å². The standard InChI is InChI=1S/C18H32N2/c1-8-20(14(2)3)13-17(19-7)15-9-11-16(12-10-15)18(4,5)6/h9-12,14,17,19H,8,13H2,1-7H3. The van der Waals surface area contributed by atoms with Crippen LogP contribution in [0.1, 0.15) is 58.7 Å². The Balaban J connectivity index is 2.85. The number of nitrogens with one attached hydrogen (secondary N) is 1. The van der Waals surface area contributed by atoms with E-state index in [0.29, 0.717) is 12.1 Å². The highest BCUT2D eigenvalue weighted by Crippen LogP contribution is 2.24. The summed E-state index contributed by atoms with van der Waals surface area (Å²) >= 11 is 0. The highest BCUT2D eigenvalue weighted by Gasteiger charge is 2.17. The van der Waals surface area contributed by atoms with Gasteiger partial charge in [0.1, 0.15) is 0 Å². The van der Waals surface area contributed by atoms with Crippen molar-refractivity contribution in [2.24, 2.45) is 0 Å². The molecule has 0 amide bonds. The van der Waals surface area contributed by atoms with Gasteiger partial charge in [-0.2, -0.15) is 0 Å². The number of hydrogen-bond donors (Lipinski definition) is 1. The molecule has 1 unspecified atom stereocenters. The fourth-order valence-electron chi connectivity index (χ4n) is 2.52. The van der Waals surface area contributed by atoms with E-state index >= 15 is 0 Å². The summed E-state index contributed by atoms with van der Waals surface area (Å²) < 4.78 is 0. The molecule has 1 N–H and O–H groups in total. The van der Waals surface area contributed by atoms with Crippen LogP contribution < -0.4 is 5.32 Å². The molecule has 2 heteroatoms. The number of hydrogen-bond acceptors (Lipinski definition) is 2. The lowest BCUT2D eigenvalue weighted by atomic mass is 9.86. The summed E-state index contributed by atoms with van der Waals surface area (Å²) in [5.41, 5.74) is 2.99. The molecular formula is C18H32N2. The first-order valence-electron chi connectivity index (χ1n) is 7.81. The van der Waals surface area contributed by atoms with Gasteiger partial charge in [0.25, 0.3) is 0 Å². The van der Waals surface area contributed by atoms with Crippen molar-refractivity contribution >= 4 is 0 Å². The van der Waals surface area contributed by atoms with Crippen LogP contribution in [0.15, 0.2) is 24.3 Å². The highest BCUT2D eigenvalue weighted by atomic mass is 15.2. The number of likely N-dealkylation sites (N-methyl/N-ethyl adjacent to an activating group) is 2. The maximum absolute atomic E-state index is 3.45. The third-order valence-corrected chi connectivity index (χ3v) is 4.08. The molecule has 0 spiro atoms. The van der Waals surface area contributed by atoms with Crippen molar-refractivity contribution in [2.75, 3.05) is 20.1 Å². The van der Waals surface area contributed by atoms with Gasteiger partial charge in [-0.05, 0) is 44.0 Å². The Kier molecular flexibility index (Phi) is 6.22. The molecular weight excluding hydrogens is 244 g/mol. The lowest BCUT2D eigenvalue weighted by Crippen LogP contribution is -2.38. The van der Waals surface area contributed by atoms with Crippen LogP contribution in [0, 0.1) is 0 Å². The first-order valence-corrected chi connectivity index (χ1v) is 7.81. The van der Waals surface area contributed by atoms with Gasteiger partial charge in [-0.25, -0.2) is 0 Å². The predicted molar refractivity (Wildman–Crippen MR) is 89.3 cm³/mol. The Hall–Kier alpha value is -0.860. The van der Waals surface area contributed by atoms with Crippen LogP contribution in [-0.4, -0.2) is 31.1 Å². The van der Waals surface area contributed by atoms with Crippen LogP contribution in [0.25, 0.3) is 0 Å². The van der Waals surface area contributed by atoms with Gasteiger partial charge < -0.3 is 5.32 Å². The number of rotatable bonds is 6. The average Bonchev–Trinajstić information content (AvgIpc) is 2.39. The summed E-state index contributed by atoms with van der Waals surface area (Å²) in [7, 11) is 2.05. The van der Waals surface area contributed by atoms with Crippen LogP contribution >= 0.6 is 0 Å². The lowest BCUT2D eigenvalue weighted by Gasteiger charge is -2.30. The van der Waals surface area contributed by atoms with E-state index in [9.17, 15) is 0 Å². The van der Waals surface area contributed by atoms with E-state index in [2.05, 4.69) is 83.1 Å². The minimum Gasteiger partial charge on any atom is -0.312 e. The molecule has 0 aliphatic heterocycles. The molecule has 0 fully saturated rings. The van der Waals surface area contributed by atoms with Crippen molar-refractivity contribution in [3.63, 3.8) is 0 Å². The van der Waals surface area contributed by atoms with E-state index in [1.807, 2.05) is 0 Å². The summed E-state index contributed by atoms with van der Waals surface area (Å²) in [4.78, 5) is 2.50. The zero-order chi connectivity index (χ0) is 15.3. The largest absolute Gasteiger partial charge is 0.312 e. The normalized spacial score (nSPS) is 14.1. The summed E-state index contributed by atoms with van der Waals surface area (Å²) in [6.45, 7) is 15.7. The van der Waals surface area contributed by atoms with Crippen LogP contribution in [0.5, 0.6) is 0 Å². The van der Waals surface area contributed by atoms with Crippen molar-refractivity contribution in [3.05, 3.63) is 35.4 Å². The van der Waals surface area contributed by atoms with Crippen LogP contribution in [0.3, 0.4) is 0 Å². The van der Waals surface area contributed by atoms with Gasteiger partial charge in [0.05, 0.1) is 0 Å². The molecule has 1 aromatic rings. The third-order valence-electron chi connectivity index (χ3n) is 4.08. The van der Waals surface area contributed by atoms with Crippen molar-refractivity contribution in [2.45, 2.75) is 59.0 Å². The quantitative estimate of drug-likeness (QED) is 0.845. The fraction of sp³-hybridized carbons (Fsp3) is 0.667. The van der Waals surface area contributed by atoms with Gasteiger partial charge in [-0.1, -0.05) is 52.0 Å². The first kappa shape index (κ1) is 17.2. The topological polar surface area (TPSA) is 15.3 Å². The molecule has 0 aliphatic carbocycles. The second-order valence-corrected chi connectivity index (χ2v) is 6.89. The van der Waals surface area contributed by atoms with E-state index < -0.39 is 0 Å². The molecule has 0 heterocycles. The monoisotopic (exact) mass is 276 g/mol. The lowest BCUT2D eigenvalue weighted by molar-refractivity contribution is 0.210. The zero-order valence-corrected chi connectivity index (χ0v) is 14.3. The predicted octanol–water partition coefficient (Wildman–Crippen LogP) is 3.97.